The first-order valence-corrected chi connectivity index (χ1v) is 11.8. The smallest absolute Gasteiger partial charge is 0.249 e. The highest BCUT2D eigenvalue weighted by molar-refractivity contribution is 6.22. The van der Waals surface area contributed by atoms with Gasteiger partial charge in [0.05, 0.1) is 11.3 Å². The minimum atomic E-state index is -0.727. The number of benzene rings is 1. The van der Waals surface area contributed by atoms with Crippen LogP contribution in [0.5, 0.6) is 0 Å². The Kier molecular flexibility index (Phi) is 5.44. The van der Waals surface area contributed by atoms with E-state index >= 15 is 0 Å². The van der Waals surface area contributed by atoms with Crippen molar-refractivity contribution in [3.63, 3.8) is 0 Å². The molecule has 0 spiro atoms. The molecular weight excluding hydrogens is 448 g/mol. The summed E-state index contributed by atoms with van der Waals surface area (Å²) in [5.41, 5.74) is 7.34. The van der Waals surface area contributed by atoms with E-state index in [1.54, 1.807) is 17.0 Å². The number of Topliss-reactive ketones (excluding diaryl/α,β-unsaturated/α-hetero) is 1. The number of alkyl halides is 1. The first kappa shape index (κ1) is 22.3. The van der Waals surface area contributed by atoms with Gasteiger partial charge in [0.25, 0.3) is 0 Å². The number of ether oxygens (including phenoxy) is 1. The summed E-state index contributed by atoms with van der Waals surface area (Å²) in [6, 6.07) is 2.46. The van der Waals surface area contributed by atoms with E-state index in [4.69, 9.17) is 26.7 Å². The van der Waals surface area contributed by atoms with Crippen molar-refractivity contribution in [2.24, 2.45) is 17.1 Å². The third-order valence-corrected chi connectivity index (χ3v) is 7.96. The van der Waals surface area contributed by atoms with Crippen LogP contribution in [0.3, 0.4) is 0 Å². The Bertz CT molecular complexity index is 1120. The second kappa shape index (κ2) is 8.06. The molecule has 9 nitrogen and oxygen atoms in total. The molecule has 33 heavy (non-hydrogen) atoms. The van der Waals surface area contributed by atoms with Gasteiger partial charge in [0.15, 0.2) is 5.78 Å². The number of halogens is 1. The Balaban J connectivity index is 1.63. The lowest BCUT2D eigenvalue weighted by atomic mass is 9.67. The summed E-state index contributed by atoms with van der Waals surface area (Å²) in [6.45, 7) is 4.58. The zero-order valence-electron chi connectivity index (χ0n) is 18.6. The van der Waals surface area contributed by atoms with E-state index in [1.807, 2.05) is 0 Å². The predicted molar refractivity (Wildman–Crippen MR) is 119 cm³/mol. The Morgan fingerprint density at radius 1 is 1.24 bits per heavy atom. The summed E-state index contributed by atoms with van der Waals surface area (Å²) in [7, 11) is 0. The second-order valence-corrected chi connectivity index (χ2v) is 10.8. The highest BCUT2D eigenvalue weighted by Gasteiger charge is 2.54. The van der Waals surface area contributed by atoms with Crippen molar-refractivity contribution >= 4 is 40.2 Å². The molecule has 0 bridgehead atoms. The molecule has 10 heteroatoms. The largest absolute Gasteiger partial charge is 0.366 e. The van der Waals surface area contributed by atoms with Crippen LogP contribution in [0.1, 0.15) is 61.4 Å². The number of ketones is 1. The maximum atomic E-state index is 14.2. The van der Waals surface area contributed by atoms with Crippen LogP contribution in [0.4, 0.5) is 0 Å². The summed E-state index contributed by atoms with van der Waals surface area (Å²) >= 11 is 6.47. The monoisotopic (exact) mass is 474 g/mol. The Morgan fingerprint density at radius 3 is 2.67 bits per heavy atom. The van der Waals surface area contributed by atoms with E-state index in [-0.39, 0.29) is 41.7 Å². The zero-order chi connectivity index (χ0) is 23.5. The topological polar surface area (TPSA) is 129 Å². The van der Waals surface area contributed by atoms with Crippen LogP contribution in [0.2, 0.25) is 0 Å². The third-order valence-electron chi connectivity index (χ3n) is 7.57. The van der Waals surface area contributed by atoms with Crippen molar-refractivity contribution in [2.45, 2.75) is 63.0 Å². The number of nitrogens with zero attached hydrogens (tertiary/aromatic N) is 3. The first-order chi connectivity index (χ1) is 15.7. The van der Waals surface area contributed by atoms with Crippen LogP contribution in [0.25, 0.3) is 11.0 Å². The number of rotatable bonds is 4. The molecule has 0 unspecified atom stereocenters. The predicted octanol–water partition coefficient (Wildman–Crippen LogP) is 2.41. The van der Waals surface area contributed by atoms with Crippen LogP contribution in [0.15, 0.2) is 16.8 Å². The molecule has 2 aromatic rings. The van der Waals surface area contributed by atoms with Crippen molar-refractivity contribution in [1.82, 2.24) is 15.2 Å². The fourth-order valence-electron chi connectivity index (χ4n) is 5.72. The lowest BCUT2D eigenvalue weighted by Gasteiger charge is -2.39. The van der Waals surface area contributed by atoms with E-state index < -0.39 is 29.3 Å². The van der Waals surface area contributed by atoms with Gasteiger partial charge in [-0.2, -0.15) is 0 Å². The van der Waals surface area contributed by atoms with Crippen LogP contribution in [-0.4, -0.2) is 63.5 Å². The van der Waals surface area contributed by atoms with Crippen molar-refractivity contribution in [3.8, 4) is 0 Å². The maximum absolute atomic E-state index is 14.2. The standard InChI is InChI=1S/C23H27ClN4O5/c1-23(2)7-5-11(6-8-23)16(17-12(21(25)30)3-4-14-18(17)27-33-26-14)22(31)28-9-13(24)20-19(28)15(29)10-32-20/h3-4,11,13,16,19-20H,5-10H2,1-2H3,(H2,25,30)/t13-,16-,19+,20+/m0/s1. The Labute approximate surface area is 195 Å². The molecule has 2 aliphatic heterocycles. The number of primary amides is 1. The van der Waals surface area contributed by atoms with Crippen LogP contribution in [-0.2, 0) is 14.3 Å². The summed E-state index contributed by atoms with van der Waals surface area (Å²) in [5.74, 6) is -1.85. The number of likely N-dealkylation sites (tertiary alicyclic amines) is 1. The van der Waals surface area contributed by atoms with Gasteiger partial charge in [-0.3, -0.25) is 14.4 Å². The van der Waals surface area contributed by atoms with E-state index in [0.29, 0.717) is 16.6 Å². The average Bonchev–Trinajstić information content (AvgIpc) is 3.47. The molecule has 3 aliphatic rings. The number of fused-ring (bicyclic) bond motifs is 2. The maximum Gasteiger partial charge on any atom is 0.249 e. The molecular formula is C23H27ClN4O5. The minimum absolute atomic E-state index is 0.0556. The molecule has 2 N–H and O–H groups in total. The summed E-state index contributed by atoms with van der Waals surface area (Å²) < 4.78 is 10.5. The van der Waals surface area contributed by atoms with E-state index in [0.717, 1.165) is 25.7 Å². The molecule has 3 fully saturated rings. The van der Waals surface area contributed by atoms with Gasteiger partial charge >= 0.3 is 0 Å². The number of nitrogens with two attached hydrogens (primary N) is 1. The van der Waals surface area contributed by atoms with Gasteiger partial charge in [-0.15, -0.1) is 11.6 Å². The van der Waals surface area contributed by atoms with Gasteiger partial charge in [0.1, 0.15) is 29.8 Å². The number of carbonyl (C=O) groups is 3. The molecule has 0 radical (unpaired) electrons. The van der Waals surface area contributed by atoms with Crippen molar-refractivity contribution in [1.29, 1.82) is 0 Å². The van der Waals surface area contributed by atoms with Gasteiger partial charge < -0.3 is 15.4 Å². The molecule has 1 aromatic heterocycles. The van der Waals surface area contributed by atoms with Crippen LogP contribution < -0.4 is 5.73 Å². The van der Waals surface area contributed by atoms with Gasteiger partial charge in [-0.25, -0.2) is 4.63 Å². The summed E-state index contributed by atoms with van der Waals surface area (Å²) in [5, 5.41) is 7.46. The Hall–Kier alpha value is -2.52. The molecule has 2 amide bonds. The average molecular weight is 475 g/mol. The third kappa shape index (κ3) is 3.71. The van der Waals surface area contributed by atoms with Crippen molar-refractivity contribution in [2.75, 3.05) is 13.2 Å². The van der Waals surface area contributed by atoms with Gasteiger partial charge in [-0.1, -0.05) is 13.8 Å². The van der Waals surface area contributed by atoms with Crippen LogP contribution in [0, 0.1) is 11.3 Å². The number of hydrogen-bond donors (Lipinski definition) is 1. The summed E-state index contributed by atoms with van der Waals surface area (Å²) in [4.78, 5) is 40.8. The molecule has 176 valence electrons. The van der Waals surface area contributed by atoms with Gasteiger partial charge in [-0.05, 0) is 59.5 Å². The SMILES string of the molecule is CC1(C)CCC([C@H](C(=O)N2C[C@H](Cl)[C@H]3OCC(=O)[C@H]32)c2c(C(N)=O)ccc3nonc23)CC1. The van der Waals surface area contributed by atoms with Crippen molar-refractivity contribution in [3.05, 3.63) is 23.3 Å². The molecule has 3 heterocycles. The summed E-state index contributed by atoms with van der Waals surface area (Å²) in [6.07, 6.45) is 2.94. The lowest BCUT2D eigenvalue weighted by Crippen LogP contribution is -2.46. The van der Waals surface area contributed by atoms with Crippen LogP contribution >= 0.6 is 11.6 Å². The number of amides is 2. The number of hydrogen-bond acceptors (Lipinski definition) is 7. The number of aromatic nitrogens is 2. The quantitative estimate of drug-likeness (QED) is 0.673. The molecule has 4 atom stereocenters. The van der Waals surface area contributed by atoms with E-state index in [1.165, 1.54) is 0 Å². The molecule has 1 saturated carbocycles. The molecule has 1 aliphatic carbocycles. The van der Waals surface area contributed by atoms with Gasteiger partial charge in [0, 0.05) is 17.7 Å². The minimum Gasteiger partial charge on any atom is -0.366 e. The van der Waals surface area contributed by atoms with E-state index in [9.17, 15) is 14.4 Å². The van der Waals surface area contributed by atoms with Gasteiger partial charge in [0.2, 0.25) is 11.8 Å². The molecule has 2 saturated heterocycles. The van der Waals surface area contributed by atoms with Crippen molar-refractivity contribution < 1.29 is 23.7 Å². The fraction of sp³-hybridized carbons (Fsp3) is 0.609. The first-order valence-electron chi connectivity index (χ1n) is 11.3. The zero-order valence-corrected chi connectivity index (χ0v) is 19.4. The second-order valence-electron chi connectivity index (χ2n) is 10.2. The Morgan fingerprint density at radius 2 is 1.97 bits per heavy atom. The highest BCUT2D eigenvalue weighted by atomic mass is 35.5. The molecule has 1 aromatic carbocycles. The van der Waals surface area contributed by atoms with E-state index in [2.05, 4.69) is 24.2 Å². The fourth-order valence-corrected chi connectivity index (χ4v) is 6.08. The number of carbonyl (C=O) groups excluding carboxylic acids is 3. The normalized spacial score (nSPS) is 28.3. The lowest BCUT2D eigenvalue weighted by molar-refractivity contribution is -0.139. The highest BCUT2D eigenvalue weighted by Crippen LogP contribution is 2.47. The molecule has 5 rings (SSSR count).